The fourth-order valence-electron chi connectivity index (χ4n) is 3.62. The second-order valence-electron chi connectivity index (χ2n) is 6.38. The Morgan fingerprint density at radius 2 is 2.00 bits per heavy atom. The topological polar surface area (TPSA) is 72.2 Å². The van der Waals surface area contributed by atoms with Crippen LogP contribution in [0, 0.1) is 6.92 Å². The Hall–Kier alpha value is -0.980. The molecule has 2 N–H and O–H groups in total. The number of aliphatic hydroxyl groups is 1. The summed E-state index contributed by atoms with van der Waals surface area (Å²) in [6, 6.07) is 0.627. The van der Waals surface area contributed by atoms with E-state index in [1.807, 2.05) is 18.7 Å². The maximum absolute atomic E-state index is 10.3. The van der Waals surface area contributed by atoms with Crippen LogP contribution in [0.4, 0.5) is 0 Å². The maximum atomic E-state index is 10.3. The highest BCUT2D eigenvalue weighted by molar-refractivity contribution is 5.04. The van der Waals surface area contributed by atoms with E-state index in [1.54, 1.807) is 0 Å². The molecule has 6 heteroatoms. The van der Waals surface area contributed by atoms with E-state index < -0.39 is 0 Å². The van der Waals surface area contributed by atoms with E-state index in [-0.39, 0.29) is 12.1 Å². The number of nitrogens with one attached hydrogen (secondary N) is 1. The minimum absolute atomic E-state index is 0.156. The van der Waals surface area contributed by atoms with Crippen molar-refractivity contribution in [3.63, 3.8) is 0 Å². The van der Waals surface area contributed by atoms with Gasteiger partial charge in [0, 0.05) is 38.3 Å². The first-order valence-corrected chi connectivity index (χ1v) is 8.03. The molecule has 1 aromatic rings. The van der Waals surface area contributed by atoms with Gasteiger partial charge in [-0.05, 0) is 39.0 Å². The largest absolute Gasteiger partial charge is 0.392 e. The van der Waals surface area contributed by atoms with Crippen molar-refractivity contribution in [1.29, 1.82) is 0 Å². The van der Waals surface area contributed by atoms with Crippen molar-refractivity contribution in [3.05, 3.63) is 11.6 Å². The molecule has 2 aliphatic rings. The molecule has 0 radical (unpaired) electrons. The number of aryl methyl sites for hydroxylation is 2. The number of hydrogen-bond donors (Lipinski definition) is 2. The second kappa shape index (κ2) is 6.42. The molecule has 1 aromatic heterocycles. The lowest BCUT2D eigenvalue weighted by Gasteiger charge is -2.37. The van der Waals surface area contributed by atoms with Gasteiger partial charge < -0.3 is 15.2 Å². The molecule has 1 aliphatic carbocycles. The van der Waals surface area contributed by atoms with Gasteiger partial charge in [-0.15, -0.1) is 0 Å². The van der Waals surface area contributed by atoms with Crippen LogP contribution < -0.4 is 5.32 Å². The van der Waals surface area contributed by atoms with Gasteiger partial charge in [0.15, 0.2) is 0 Å². The van der Waals surface area contributed by atoms with Gasteiger partial charge in [-0.2, -0.15) is 5.10 Å². The number of aromatic nitrogens is 3. The lowest BCUT2D eigenvalue weighted by atomic mass is 9.82. The molecular weight excluding hydrogens is 268 g/mol. The summed E-state index contributed by atoms with van der Waals surface area (Å²) in [5.41, 5.74) is 0. The van der Waals surface area contributed by atoms with Crippen LogP contribution in [0.2, 0.25) is 0 Å². The molecule has 0 aromatic carbocycles. The zero-order valence-electron chi connectivity index (χ0n) is 13.0. The number of ether oxygens (including phenoxy) is 1. The molecule has 0 amide bonds. The standard InChI is InChI=1S/C15H26N4O2/c1-10-16-15(19(2)18-10)11-3-4-14(20)13(9-11)17-12-5-7-21-8-6-12/h11-14,17,20H,3-9H2,1-2H3/t11-,13+,14+/m0/s1. The van der Waals surface area contributed by atoms with Crippen LogP contribution in [0.25, 0.3) is 0 Å². The molecule has 0 bridgehead atoms. The summed E-state index contributed by atoms with van der Waals surface area (Å²) in [7, 11) is 1.96. The van der Waals surface area contributed by atoms with Crippen LogP contribution in [-0.4, -0.2) is 51.3 Å². The zero-order valence-corrected chi connectivity index (χ0v) is 13.0. The van der Waals surface area contributed by atoms with Gasteiger partial charge in [-0.3, -0.25) is 4.68 Å². The predicted octanol–water partition coefficient (Wildman–Crippen LogP) is 0.889. The first-order valence-electron chi connectivity index (χ1n) is 8.03. The minimum Gasteiger partial charge on any atom is -0.392 e. The van der Waals surface area contributed by atoms with Gasteiger partial charge >= 0.3 is 0 Å². The molecule has 6 nitrogen and oxygen atoms in total. The van der Waals surface area contributed by atoms with E-state index in [0.29, 0.717) is 12.0 Å². The van der Waals surface area contributed by atoms with Crippen molar-refractivity contribution < 1.29 is 9.84 Å². The Morgan fingerprint density at radius 1 is 1.24 bits per heavy atom. The first-order chi connectivity index (χ1) is 10.1. The molecule has 0 spiro atoms. The Bertz CT molecular complexity index is 470. The lowest BCUT2D eigenvalue weighted by Crippen LogP contribution is -2.50. The molecular formula is C15H26N4O2. The summed E-state index contributed by atoms with van der Waals surface area (Å²) in [6.07, 6.45) is 4.58. The van der Waals surface area contributed by atoms with Gasteiger partial charge in [-0.25, -0.2) is 4.98 Å². The van der Waals surface area contributed by atoms with Crippen molar-refractivity contribution in [3.8, 4) is 0 Å². The summed E-state index contributed by atoms with van der Waals surface area (Å²) < 4.78 is 7.29. The Labute approximate surface area is 125 Å². The quantitative estimate of drug-likeness (QED) is 0.866. The van der Waals surface area contributed by atoms with Crippen molar-refractivity contribution in [2.24, 2.45) is 7.05 Å². The lowest BCUT2D eigenvalue weighted by molar-refractivity contribution is 0.0444. The fraction of sp³-hybridized carbons (Fsp3) is 0.867. The third-order valence-corrected chi connectivity index (χ3v) is 4.75. The molecule has 21 heavy (non-hydrogen) atoms. The average Bonchev–Trinajstić information content (AvgIpc) is 2.81. The predicted molar refractivity (Wildman–Crippen MR) is 79.1 cm³/mol. The van der Waals surface area contributed by atoms with E-state index >= 15 is 0 Å². The third-order valence-electron chi connectivity index (χ3n) is 4.75. The summed E-state index contributed by atoms with van der Waals surface area (Å²) in [6.45, 7) is 3.58. The van der Waals surface area contributed by atoms with Crippen LogP contribution in [0.3, 0.4) is 0 Å². The van der Waals surface area contributed by atoms with E-state index in [2.05, 4.69) is 15.4 Å². The van der Waals surface area contributed by atoms with Gasteiger partial charge in [0.1, 0.15) is 11.6 Å². The molecule has 1 saturated carbocycles. The molecule has 1 aliphatic heterocycles. The Balaban J connectivity index is 1.65. The smallest absolute Gasteiger partial charge is 0.147 e. The molecule has 3 rings (SSSR count). The Morgan fingerprint density at radius 3 is 2.67 bits per heavy atom. The molecule has 1 saturated heterocycles. The molecule has 2 fully saturated rings. The molecule has 2 heterocycles. The fourth-order valence-corrected chi connectivity index (χ4v) is 3.62. The summed E-state index contributed by atoms with van der Waals surface area (Å²) in [5.74, 6) is 2.27. The maximum Gasteiger partial charge on any atom is 0.147 e. The van der Waals surface area contributed by atoms with Crippen molar-refractivity contribution in [2.45, 2.75) is 63.1 Å². The van der Waals surface area contributed by atoms with Crippen molar-refractivity contribution in [2.75, 3.05) is 13.2 Å². The molecule has 0 unspecified atom stereocenters. The van der Waals surface area contributed by atoms with Gasteiger partial charge in [0.25, 0.3) is 0 Å². The molecule has 118 valence electrons. The zero-order chi connectivity index (χ0) is 14.8. The van der Waals surface area contributed by atoms with E-state index in [0.717, 1.165) is 57.0 Å². The molecule has 3 atom stereocenters. The highest BCUT2D eigenvalue weighted by atomic mass is 16.5. The number of nitrogens with zero attached hydrogens (tertiary/aromatic N) is 3. The normalized spacial score (nSPS) is 31.5. The SMILES string of the molecule is Cc1nc([C@H]2CC[C@@H](O)[C@H](NC3CCOCC3)C2)n(C)n1. The van der Waals surface area contributed by atoms with E-state index in [4.69, 9.17) is 4.74 Å². The summed E-state index contributed by atoms with van der Waals surface area (Å²) >= 11 is 0. The highest BCUT2D eigenvalue weighted by Crippen LogP contribution is 2.32. The highest BCUT2D eigenvalue weighted by Gasteiger charge is 2.33. The van der Waals surface area contributed by atoms with E-state index in [9.17, 15) is 5.11 Å². The summed E-state index contributed by atoms with van der Waals surface area (Å²) in [5, 5.41) is 18.3. The minimum atomic E-state index is -0.251. The Kier molecular flexibility index (Phi) is 4.57. The van der Waals surface area contributed by atoms with Gasteiger partial charge in [0.2, 0.25) is 0 Å². The van der Waals surface area contributed by atoms with Crippen LogP contribution in [0.5, 0.6) is 0 Å². The second-order valence-corrected chi connectivity index (χ2v) is 6.38. The van der Waals surface area contributed by atoms with Crippen LogP contribution in [-0.2, 0) is 11.8 Å². The van der Waals surface area contributed by atoms with Crippen LogP contribution in [0.1, 0.15) is 49.7 Å². The number of rotatable bonds is 3. The van der Waals surface area contributed by atoms with E-state index in [1.165, 1.54) is 0 Å². The first kappa shape index (κ1) is 14.9. The van der Waals surface area contributed by atoms with Crippen LogP contribution in [0.15, 0.2) is 0 Å². The van der Waals surface area contributed by atoms with Crippen LogP contribution >= 0.6 is 0 Å². The number of hydrogen-bond acceptors (Lipinski definition) is 5. The average molecular weight is 294 g/mol. The van der Waals surface area contributed by atoms with Crippen molar-refractivity contribution >= 4 is 0 Å². The van der Waals surface area contributed by atoms with Gasteiger partial charge in [-0.1, -0.05) is 0 Å². The monoisotopic (exact) mass is 294 g/mol. The van der Waals surface area contributed by atoms with Crippen molar-refractivity contribution in [1.82, 2.24) is 20.1 Å². The number of aliphatic hydroxyl groups excluding tert-OH is 1. The van der Waals surface area contributed by atoms with Gasteiger partial charge in [0.05, 0.1) is 6.10 Å². The summed E-state index contributed by atoms with van der Waals surface area (Å²) in [4.78, 5) is 4.56. The third kappa shape index (κ3) is 3.44.